The number of fused-ring (bicyclic) bond motifs is 1. The Hall–Kier alpha value is -3.69. The third kappa shape index (κ3) is 5.27. The molecule has 2 aromatic carbocycles. The molecule has 2 N–H and O–H groups in total. The maximum absolute atomic E-state index is 12.9. The summed E-state index contributed by atoms with van der Waals surface area (Å²) >= 11 is 7.33. The van der Waals surface area contributed by atoms with E-state index in [0.29, 0.717) is 34.2 Å². The van der Waals surface area contributed by atoms with Crippen LogP contribution in [-0.2, 0) is 17.8 Å². The Balaban J connectivity index is 1.66. The predicted molar refractivity (Wildman–Crippen MR) is 139 cm³/mol. The fourth-order valence-corrected chi connectivity index (χ4v) is 4.50. The van der Waals surface area contributed by atoms with E-state index in [4.69, 9.17) is 21.7 Å². The minimum atomic E-state index is -0.462. The van der Waals surface area contributed by atoms with Crippen LogP contribution in [0.2, 0.25) is 0 Å². The van der Waals surface area contributed by atoms with E-state index >= 15 is 0 Å². The molecule has 2 heterocycles. The number of ether oxygens (including phenoxy) is 2. The van der Waals surface area contributed by atoms with Gasteiger partial charge in [-0.15, -0.1) is 11.3 Å². The van der Waals surface area contributed by atoms with Gasteiger partial charge in [-0.3, -0.25) is 4.79 Å². The highest BCUT2D eigenvalue weighted by Gasteiger charge is 2.18. The molecule has 0 unspecified atom stereocenters. The van der Waals surface area contributed by atoms with E-state index in [1.54, 1.807) is 42.7 Å². The number of anilines is 1. The van der Waals surface area contributed by atoms with Crippen LogP contribution in [0.15, 0.2) is 70.8 Å². The first-order valence-corrected chi connectivity index (χ1v) is 11.7. The van der Waals surface area contributed by atoms with Crippen LogP contribution in [0, 0.1) is 0 Å². The fourth-order valence-electron chi connectivity index (χ4n) is 3.54. The van der Waals surface area contributed by atoms with E-state index in [-0.39, 0.29) is 12.1 Å². The maximum atomic E-state index is 12.9. The van der Waals surface area contributed by atoms with E-state index in [9.17, 15) is 9.59 Å². The summed E-state index contributed by atoms with van der Waals surface area (Å²) in [5, 5.41) is 6.40. The molecule has 0 spiro atoms. The molecule has 0 radical (unpaired) electrons. The summed E-state index contributed by atoms with van der Waals surface area (Å²) in [5.74, 6) is 0.244. The van der Waals surface area contributed by atoms with Gasteiger partial charge in [0.25, 0.3) is 5.56 Å². The monoisotopic (exact) mass is 493 g/mol. The lowest BCUT2D eigenvalue weighted by Crippen LogP contribution is -2.35. The number of benzene rings is 2. The molecule has 0 amide bonds. The number of carbonyl (C=O) groups excluding carboxylic acids is 1. The summed E-state index contributed by atoms with van der Waals surface area (Å²) < 4.78 is 10.2. The quantitative estimate of drug-likeness (QED) is 0.283. The first kappa shape index (κ1) is 23.5. The van der Waals surface area contributed by atoms with E-state index < -0.39 is 5.97 Å². The van der Waals surface area contributed by atoms with E-state index in [1.165, 1.54) is 7.11 Å². The van der Waals surface area contributed by atoms with Gasteiger partial charge in [0.2, 0.25) is 0 Å². The molecule has 174 valence electrons. The van der Waals surface area contributed by atoms with Crippen molar-refractivity contribution in [1.82, 2.24) is 9.88 Å². The molecule has 0 aliphatic rings. The largest absolute Gasteiger partial charge is 0.497 e. The highest BCUT2D eigenvalue weighted by atomic mass is 32.1. The number of pyridine rings is 1. The first-order valence-electron chi connectivity index (χ1n) is 10.4. The maximum Gasteiger partial charge on any atom is 0.339 e. The zero-order valence-electron chi connectivity index (χ0n) is 18.7. The molecular formula is C25H23N3O4S2. The average Bonchev–Trinajstić information content (AvgIpc) is 3.36. The normalized spacial score (nSPS) is 10.6. The molecule has 0 saturated carbocycles. The Kier molecular flexibility index (Phi) is 7.24. The number of para-hydroxylation sites is 1. The van der Waals surface area contributed by atoms with Crippen LogP contribution in [-0.4, -0.2) is 35.2 Å². The number of carbonyl (C=O) groups is 1. The number of rotatable bonds is 7. The van der Waals surface area contributed by atoms with E-state index in [0.717, 1.165) is 15.8 Å². The SMILES string of the molecule is COC(=O)c1ccccc1NC(=S)N(Cc1cccs1)Cc1cc2cc(OC)ccc2[nH]c1=O. The summed E-state index contributed by atoms with van der Waals surface area (Å²) in [7, 11) is 2.94. The third-order valence-electron chi connectivity index (χ3n) is 5.28. The molecule has 4 rings (SSSR count). The Bertz CT molecular complexity index is 1380. The smallest absolute Gasteiger partial charge is 0.339 e. The second kappa shape index (κ2) is 10.5. The van der Waals surface area contributed by atoms with Crippen molar-refractivity contribution >= 4 is 51.2 Å². The number of aromatic nitrogens is 1. The van der Waals surface area contributed by atoms with Crippen molar-refractivity contribution in [1.29, 1.82) is 0 Å². The van der Waals surface area contributed by atoms with Gasteiger partial charge in [0.15, 0.2) is 5.11 Å². The topological polar surface area (TPSA) is 83.7 Å². The summed E-state index contributed by atoms with van der Waals surface area (Å²) in [5.41, 5.74) is 2.01. The number of methoxy groups -OCH3 is 2. The van der Waals surface area contributed by atoms with E-state index in [1.807, 2.05) is 46.7 Å². The summed E-state index contributed by atoms with van der Waals surface area (Å²) in [6, 6.07) is 18.3. The minimum Gasteiger partial charge on any atom is -0.497 e. The number of esters is 1. The van der Waals surface area contributed by atoms with Crippen molar-refractivity contribution in [3.8, 4) is 5.75 Å². The Morgan fingerprint density at radius 2 is 1.91 bits per heavy atom. The molecule has 0 saturated heterocycles. The van der Waals surface area contributed by atoms with Gasteiger partial charge < -0.3 is 24.7 Å². The molecule has 4 aromatic rings. The molecule has 7 nitrogen and oxygen atoms in total. The van der Waals surface area contributed by atoms with Gasteiger partial charge in [0.1, 0.15) is 5.75 Å². The highest BCUT2D eigenvalue weighted by molar-refractivity contribution is 7.80. The zero-order chi connectivity index (χ0) is 24.1. The lowest BCUT2D eigenvalue weighted by molar-refractivity contribution is 0.0602. The van der Waals surface area contributed by atoms with Gasteiger partial charge in [-0.05, 0) is 60.1 Å². The summed E-state index contributed by atoms with van der Waals surface area (Å²) in [6.07, 6.45) is 0. The number of H-pyrrole nitrogens is 1. The second-order valence-electron chi connectivity index (χ2n) is 7.48. The van der Waals surface area contributed by atoms with E-state index in [2.05, 4.69) is 10.3 Å². The van der Waals surface area contributed by atoms with Crippen LogP contribution in [0.1, 0.15) is 20.8 Å². The number of thiocarbonyl (C=S) groups is 1. The van der Waals surface area contributed by atoms with Crippen molar-refractivity contribution in [2.75, 3.05) is 19.5 Å². The number of thiophene rings is 1. The molecular weight excluding hydrogens is 470 g/mol. The van der Waals surface area contributed by atoms with Crippen molar-refractivity contribution in [2.45, 2.75) is 13.1 Å². The molecule has 0 atom stereocenters. The van der Waals surface area contributed by atoms with Crippen LogP contribution >= 0.6 is 23.6 Å². The fraction of sp³-hybridized carbons (Fsp3) is 0.160. The summed E-state index contributed by atoms with van der Waals surface area (Å²) in [4.78, 5) is 31.0. The van der Waals surface area contributed by atoms with Crippen molar-refractivity contribution < 1.29 is 14.3 Å². The van der Waals surface area contributed by atoms with Gasteiger partial charge >= 0.3 is 5.97 Å². The number of nitrogens with one attached hydrogen (secondary N) is 2. The second-order valence-corrected chi connectivity index (χ2v) is 8.90. The van der Waals surface area contributed by atoms with Crippen LogP contribution in [0.5, 0.6) is 5.75 Å². The highest BCUT2D eigenvalue weighted by Crippen LogP contribution is 2.22. The van der Waals surface area contributed by atoms with Crippen molar-refractivity contribution in [2.24, 2.45) is 0 Å². The van der Waals surface area contributed by atoms with Crippen LogP contribution in [0.25, 0.3) is 10.9 Å². The lowest BCUT2D eigenvalue weighted by Gasteiger charge is -2.26. The predicted octanol–water partition coefficient (Wildman–Crippen LogP) is 4.78. The van der Waals surface area contributed by atoms with Crippen LogP contribution in [0.4, 0.5) is 5.69 Å². The summed E-state index contributed by atoms with van der Waals surface area (Å²) in [6.45, 7) is 0.770. The number of aromatic amines is 1. The molecule has 9 heteroatoms. The number of hydrogen-bond donors (Lipinski definition) is 2. The van der Waals surface area contributed by atoms with Gasteiger partial charge in [-0.2, -0.15) is 0 Å². The molecule has 0 aliphatic carbocycles. The first-order chi connectivity index (χ1) is 16.5. The van der Waals surface area contributed by atoms with Gasteiger partial charge in [0.05, 0.1) is 38.6 Å². The van der Waals surface area contributed by atoms with Crippen molar-refractivity contribution in [3.63, 3.8) is 0 Å². The average molecular weight is 494 g/mol. The van der Waals surface area contributed by atoms with Crippen molar-refractivity contribution in [3.05, 3.63) is 92.4 Å². The third-order valence-corrected chi connectivity index (χ3v) is 6.50. The van der Waals surface area contributed by atoms with Gasteiger partial charge in [-0.1, -0.05) is 18.2 Å². The van der Waals surface area contributed by atoms with Gasteiger partial charge in [-0.25, -0.2) is 4.79 Å². The van der Waals surface area contributed by atoms with Crippen LogP contribution in [0.3, 0.4) is 0 Å². The number of nitrogens with zero attached hydrogens (tertiary/aromatic N) is 1. The Morgan fingerprint density at radius 1 is 1.09 bits per heavy atom. The Morgan fingerprint density at radius 3 is 2.65 bits per heavy atom. The molecule has 0 fully saturated rings. The zero-order valence-corrected chi connectivity index (χ0v) is 20.3. The molecule has 34 heavy (non-hydrogen) atoms. The molecule has 0 bridgehead atoms. The lowest BCUT2D eigenvalue weighted by atomic mass is 10.1. The standard InChI is InChI=1S/C25H23N3O4S2/c1-31-18-9-10-21-16(13-18)12-17(23(29)26-21)14-28(15-19-6-5-11-34-19)25(33)27-22-8-4-3-7-20(22)24(30)32-2/h3-13H,14-15H2,1-2H3,(H,26,29)(H,27,33). The Labute approximate surface area is 205 Å². The molecule has 2 aromatic heterocycles. The van der Waals surface area contributed by atoms with Gasteiger partial charge in [0, 0.05) is 21.3 Å². The van der Waals surface area contributed by atoms with Crippen LogP contribution < -0.4 is 15.6 Å². The molecule has 0 aliphatic heterocycles. The number of hydrogen-bond acceptors (Lipinski definition) is 6. The minimum absolute atomic E-state index is 0.188.